The van der Waals surface area contributed by atoms with Crippen LogP contribution in [-0.2, 0) is 11.3 Å². The summed E-state index contributed by atoms with van der Waals surface area (Å²) in [6.07, 6.45) is 2.95. The van der Waals surface area contributed by atoms with Crippen molar-refractivity contribution in [1.82, 2.24) is 5.32 Å². The summed E-state index contributed by atoms with van der Waals surface area (Å²) < 4.78 is 19.5. The molecule has 0 unspecified atom stereocenters. The van der Waals surface area contributed by atoms with Crippen LogP contribution in [0.3, 0.4) is 0 Å². The average molecular weight is 376 g/mol. The Morgan fingerprint density at radius 2 is 1.85 bits per heavy atom. The Balaban J connectivity index is 1.39. The van der Waals surface area contributed by atoms with Crippen LogP contribution in [0, 0.1) is 5.82 Å². The van der Waals surface area contributed by atoms with Crippen molar-refractivity contribution in [3.05, 3.63) is 70.5 Å². The number of fused-ring (bicyclic) bond motifs is 2. The van der Waals surface area contributed by atoms with Gasteiger partial charge in [0.25, 0.3) is 0 Å². The Hall–Kier alpha value is -1.46. The molecule has 2 heterocycles. The molecule has 0 aromatic heterocycles. The molecule has 1 atom stereocenters. The number of nitrogens with one attached hydrogen (secondary N) is 1. The fourth-order valence-electron chi connectivity index (χ4n) is 4.42. The Morgan fingerprint density at radius 1 is 1.12 bits per heavy atom. The van der Waals surface area contributed by atoms with Crippen LogP contribution in [0.1, 0.15) is 42.9 Å². The van der Waals surface area contributed by atoms with Crippen molar-refractivity contribution in [2.75, 3.05) is 6.61 Å². The Labute approximate surface area is 158 Å². The van der Waals surface area contributed by atoms with E-state index in [2.05, 4.69) is 5.32 Å². The summed E-state index contributed by atoms with van der Waals surface area (Å²) >= 11 is 5.91. The number of aliphatic hydroxyl groups excluding tert-OH is 1. The molecule has 2 aliphatic rings. The van der Waals surface area contributed by atoms with Crippen molar-refractivity contribution in [2.24, 2.45) is 0 Å². The summed E-state index contributed by atoms with van der Waals surface area (Å²) in [7, 11) is 0. The van der Waals surface area contributed by atoms with Crippen molar-refractivity contribution < 1.29 is 14.2 Å². The zero-order valence-corrected chi connectivity index (χ0v) is 15.3. The van der Waals surface area contributed by atoms with Gasteiger partial charge < -0.3 is 15.2 Å². The lowest BCUT2D eigenvalue weighted by molar-refractivity contribution is 0.0606. The normalized spacial score (nSPS) is 28.4. The third-order valence-corrected chi connectivity index (χ3v) is 6.11. The van der Waals surface area contributed by atoms with Crippen LogP contribution in [-0.4, -0.2) is 22.8 Å². The zero-order valence-electron chi connectivity index (χ0n) is 14.6. The summed E-state index contributed by atoms with van der Waals surface area (Å²) in [4.78, 5) is 0. The third-order valence-electron chi connectivity index (χ3n) is 5.86. The molecule has 3 nitrogen and oxygen atoms in total. The molecule has 2 saturated heterocycles. The molecule has 0 spiro atoms. The first-order valence-electron chi connectivity index (χ1n) is 9.05. The second-order valence-electron chi connectivity index (χ2n) is 7.64. The lowest BCUT2D eigenvalue weighted by Gasteiger charge is -2.32. The molecule has 2 aliphatic heterocycles. The van der Waals surface area contributed by atoms with Gasteiger partial charge in [0.05, 0.1) is 19.3 Å². The lowest BCUT2D eigenvalue weighted by Crippen LogP contribution is -2.48. The Kier molecular flexibility index (Phi) is 4.78. The van der Waals surface area contributed by atoms with Crippen LogP contribution in [0.4, 0.5) is 4.39 Å². The molecule has 2 bridgehead atoms. The first-order chi connectivity index (χ1) is 12.5. The molecule has 26 heavy (non-hydrogen) atoms. The molecule has 0 amide bonds. The van der Waals surface area contributed by atoms with Crippen LogP contribution in [0.2, 0.25) is 5.02 Å². The molecule has 5 heteroatoms. The van der Waals surface area contributed by atoms with Gasteiger partial charge in [-0.3, -0.25) is 0 Å². The van der Waals surface area contributed by atoms with Gasteiger partial charge in [-0.1, -0.05) is 35.9 Å². The van der Waals surface area contributed by atoms with Crippen molar-refractivity contribution >= 4 is 11.6 Å². The van der Waals surface area contributed by atoms with E-state index in [1.807, 2.05) is 24.3 Å². The summed E-state index contributed by atoms with van der Waals surface area (Å²) in [5.74, 6) is -0.313. The highest BCUT2D eigenvalue weighted by Gasteiger charge is 2.57. The number of halogens is 2. The number of benzene rings is 2. The topological polar surface area (TPSA) is 41.5 Å². The molecule has 0 aliphatic carbocycles. The fraction of sp³-hybridized carbons (Fsp3) is 0.429. The van der Waals surface area contributed by atoms with Crippen molar-refractivity contribution in [3.8, 4) is 0 Å². The summed E-state index contributed by atoms with van der Waals surface area (Å²) in [6, 6.07) is 13.9. The summed E-state index contributed by atoms with van der Waals surface area (Å²) in [5.41, 5.74) is 1.25. The van der Waals surface area contributed by atoms with E-state index in [0.717, 1.165) is 36.3 Å². The highest BCUT2D eigenvalue weighted by atomic mass is 35.5. The maximum absolute atomic E-state index is 13.5. The standard InChI is InChI=1S/C21H23ClFNO2/c22-17-6-4-15(5-7-17)13-26-14-20-8-10-21(24-20,11-9-20)19(25)16-2-1-3-18(23)12-16/h1-7,12,19,24-25H,8-11,13-14H2/t19-,20?,21?/m0/s1. The highest BCUT2D eigenvalue weighted by Crippen LogP contribution is 2.50. The first kappa shape index (κ1) is 17.9. The average Bonchev–Trinajstić information content (AvgIpc) is 3.20. The van der Waals surface area contributed by atoms with E-state index in [4.69, 9.17) is 16.3 Å². The minimum Gasteiger partial charge on any atom is -0.386 e. The SMILES string of the molecule is O[C@@H](c1cccc(F)c1)C12CCC(COCc3ccc(Cl)cc3)(CC1)N2. The molecule has 2 aromatic carbocycles. The number of hydrogen-bond donors (Lipinski definition) is 2. The number of ether oxygens (including phenoxy) is 1. The molecule has 2 N–H and O–H groups in total. The molecule has 0 radical (unpaired) electrons. The molecule has 0 saturated carbocycles. The fourth-order valence-corrected chi connectivity index (χ4v) is 4.54. The molecule has 2 fully saturated rings. The maximum Gasteiger partial charge on any atom is 0.123 e. The van der Waals surface area contributed by atoms with Crippen molar-refractivity contribution in [3.63, 3.8) is 0 Å². The quantitative estimate of drug-likeness (QED) is 0.787. The van der Waals surface area contributed by atoms with E-state index in [1.54, 1.807) is 12.1 Å². The van der Waals surface area contributed by atoms with Gasteiger partial charge in [-0.2, -0.15) is 0 Å². The second kappa shape index (κ2) is 6.93. The van der Waals surface area contributed by atoms with E-state index in [9.17, 15) is 9.50 Å². The monoisotopic (exact) mass is 375 g/mol. The van der Waals surface area contributed by atoms with E-state index in [-0.39, 0.29) is 16.9 Å². The zero-order chi connectivity index (χ0) is 18.2. The minimum atomic E-state index is -0.709. The molecular weight excluding hydrogens is 353 g/mol. The minimum absolute atomic E-state index is 0.0965. The predicted molar refractivity (Wildman–Crippen MR) is 99.5 cm³/mol. The van der Waals surface area contributed by atoms with Gasteiger partial charge in [0.1, 0.15) is 5.82 Å². The van der Waals surface area contributed by atoms with E-state index in [1.165, 1.54) is 12.1 Å². The van der Waals surface area contributed by atoms with Crippen LogP contribution >= 0.6 is 11.6 Å². The molecule has 4 rings (SSSR count). The van der Waals surface area contributed by atoms with Crippen LogP contribution in [0.5, 0.6) is 0 Å². The maximum atomic E-state index is 13.5. The summed E-state index contributed by atoms with van der Waals surface area (Å²) in [5, 5.41) is 15.3. The third kappa shape index (κ3) is 3.39. The largest absolute Gasteiger partial charge is 0.386 e. The smallest absolute Gasteiger partial charge is 0.123 e. The number of hydrogen-bond acceptors (Lipinski definition) is 3. The van der Waals surface area contributed by atoms with Gasteiger partial charge in [-0.25, -0.2) is 4.39 Å². The van der Waals surface area contributed by atoms with Crippen LogP contribution in [0.25, 0.3) is 0 Å². The Morgan fingerprint density at radius 3 is 2.54 bits per heavy atom. The second-order valence-corrected chi connectivity index (χ2v) is 8.07. The summed E-state index contributed by atoms with van der Waals surface area (Å²) in [6.45, 7) is 1.15. The van der Waals surface area contributed by atoms with Gasteiger partial charge in [-0.15, -0.1) is 0 Å². The Bertz CT molecular complexity index is 772. The van der Waals surface area contributed by atoms with Crippen LogP contribution in [0.15, 0.2) is 48.5 Å². The van der Waals surface area contributed by atoms with E-state index < -0.39 is 6.10 Å². The van der Waals surface area contributed by atoms with Gasteiger partial charge >= 0.3 is 0 Å². The lowest BCUT2D eigenvalue weighted by atomic mass is 9.78. The highest BCUT2D eigenvalue weighted by molar-refractivity contribution is 6.30. The van der Waals surface area contributed by atoms with E-state index in [0.29, 0.717) is 18.8 Å². The van der Waals surface area contributed by atoms with Gasteiger partial charge in [0, 0.05) is 16.1 Å². The van der Waals surface area contributed by atoms with Gasteiger partial charge in [0.15, 0.2) is 0 Å². The first-order valence-corrected chi connectivity index (χ1v) is 9.43. The predicted octanol–water partition coefficient (Wildman–Crippen LogP) is 4.38. The van der Waals surface area contributed by atoms with Crippen LogP contribution < -0.4 is 5.32 Å². The van der Waals surface area contributed by atoms with E-state index >= 15 is 0 Å². The number of aliphatic hydroxyl groups is 1. The van der Waals surface area contributed by atoms with Crippen molar-refractivity contribution in [2.45, 2.75) is 49.5 Å². The molecule has 2 aromatic rings. The molecule has 138 valence electrons. The number of rotatable bonds is 6. The van der Waals surface area contributed by atoms with Gasteiger partial charge in [-0.05, 0) is 61.1 Å². The molecular formula is C21H23ClFNO2. The van der Waals surface area contributed by atoms with Crippen molar-refractivity contribution in [1.29, 1.82) is 0 Å². The van der Waals surface area contributed by atoms with Gasteiger partial charge in [0.2, 0.25) is 0 Å².